The van der Waals surface area contributed by atoms with Crippen LogP contribution in [0.15, 0.2) is 57.9 Å². The summed E-state index contributed by atoms with van der Waals surface area (Å²) in [5.41, 5.74) is 0.718. The Balaban J connectivity index is 1.94. The van der Waals surface area contributed by atoms with Crippen molar-refractivity contribution in [1.29, 1.82) is 0 Å². The first-order valence-corrected chi connectivity index (χ1v) is 8.11. The Labute approximate surface area is 131 Å². The van der Waals surface area contributed by atoms with Gasteiger partial charge in [-0.25, -0.2) is 0 Å². The predicted molar refractivity (Wildman–Crippen MR) is 86.8 cm³/mol. The Bertz CT molecular complexity index is 581. The van der Waals surface area contributed by atoms with Gasteiger partial charge in [-0.2, -0.15) is 0 Å². The molecule has 0 heterocycles. The van der Waals surface area contributed by atoms with Crippen molar-refractivity contribution in [3.05, 3.63) is 58.6 Å². The summed E-state index contributed by atoms with van der Waals surface area (Å²) in [6.07, 6.45) is 0. The Kier molecular flexibility index (Phi) is 5.68. The molecule has 2 nitrogen and oxygen atoms in total. The van der Waals surface area contributed by atoms with Gasteiger partial charge >= 0.3 is 0 Å². The van der Waals surface area contributed by atoms with E-state index in [2.05, 4.69) is 15.9 Å². The van der Waals surface area contributed by atoms with E-state index in [1.165, 1.54) is 0 Å². The van der Waals surface area contributed by atoms with E-state index in [-0.39, 0.29) is 5.78 Å². The van der Waals surface area contributed by atoms with Crippen LogP contribution in [0.1, 0.15) is 17.3 Å². The Morgan fingerprint density at radius 2 is 1.95 bits per heavy atom. The van der Waals surface area contributed by atoms with Gasteiger partial charge in [0.2, 0.25) is 0 Å². The van der Waals surface area contributed by atoms with Crippen LogP contribution in [0.5, 0.6) is 5.75 Å². The molecule has 20 heavy (non-hydrogen) atoms. The average molecular weight is 351 g/mol. The Morgan fingerprint density at radius 3 is 2.60 bits per heavy atom. The number of thioether (sulfide) groups is 1. The molecule has 0 radical (unpaired) electrons. The summed E-state index contributed by atoms with van der Waals surface area (Å²) in [6, 6.07) is 15.2. The molecule has 0 spiro atoms. The summed E-state index contributed by atoms with van der Waals surface area (Å²) in [5.74, 6) is 1.35. The molecule has 2 aromatic rings. The second-order valence-corrected chi connectivity index (χ2v) is 6.09. The van der Waals surface area contributed by atoms with E-state index in [0.717, 1.165) is 20.7 Å². The van der Waals surface area contributed by atoms with Gasteiger partial charge in [0, 0.05) is 14.9 Å². The molecular weight excluding hydrogens is 336 g/mol. The molecule has 2 aromatic carbocycles. The molecule has 0 atom stereocenters. The van der Waals surface area contributed by atoms with Crippen LogP contribution in [-0.4, -0.2) is 18.1 Å². The number of ketones is 1. The molecule has 0 saturated carbocycles. The zero-order valence-electron chi connectivity index (χ0n) is 11.1. The summed E-state index contributed by atoms with van der Waals surface area (Å²) < 4.78 is 6.39. The lowest BCUT2D eigenvalue weighted by molar-refractivity contribution is 0.102. The number of hydrogen-bond donors (Lipinski definition) is 0. The van der Waals surface area contributed by atoms with Crippen molar-refractivity contribution in [2.75, 3.05) is 12.4 Å². The lowest BCUT2D eigenvalue weighted by atomic mass is 10.1. The third-order valence-electron chi connectivity index (χ3n) is 2.65. The molecule has 0 aliphatic heterocycles. The van der Waals surface area contributed by atoms with E-state index >= 15 is 0 Å². The van der Waals surface area contributed by atoms with E-state index in [4.69, 9.17) is 4.74 Å². The van der Waals surface area contributed by atoms with E-state index in [1.54, 1.807) is 11.8 Å². The molecule has 0 aromatic heterocycles. The zero-order chi connectivity index (χ0) is 14.4. The molecular formula is C16H15BrO2S. The molecule has 0 aliphatic rings. The number of Topliss-reactive ketones (excluding diaryl/α,β-unsaturated/α-hetero) is 1. The molecule has 4 heteroatoms. The van der Waals surface area contributed by atoms with Gasteiger partial charge in [0.15, 0.2) is 5.78 Å². The molecule has 0 bridgehead atoms. The van der Waals surface area contributed by atoms with Crippen molar-refractivity contribution < 1.29 is 9.53 Å². The first-order chi connectivity index (χ1) is 9.69. The minimum Gasteiger partial charge on any atom is -0.494 e. The summed E-state index contributed by atoms with van der Waals surface area (Å²) in [7, 11) is 0. The van der Waals surface area contributed by atoms with Crippen molar-refractivity contribution >= 4 is 33.5 Å². The number of carbonyl (C=O) groups is 1. The van der Waals surface area contributed by atoms with E-state index in [9.17, 15) is 4.79 Å². The van der Waals surface area contributed by atoms with Crippen molar-refractivity contribution in [3.63, 3.8) is 0 Å². The van der Waals surface area contributed by atoms with Crippen LogP contribution in [0, 0.1) is 0 Å². The highest BCUT2D eigenvalue weighted by Crippen LogP contribution is 2.23. The third kappa shape index (κ3) is 4.39. The minimum absolute atomic E-state index is 0.123. The van der Waals surface area contributed by atoms with E-state index in [1.807, 2.05) is 55.5 Å². The SMILES string of the molecule is CCOc1ccc(C(=O)CSc2cccc(Br)c2)cc1. The van der Waals surface area contributed by atoms with Gasteiger partial charge in [-0.1, -0.05) is 22.0 Å². The largest absolute Gasteiger partial charge is 0.494 e. The number of carbonyl (C=O) groups excluding carboxylic acids is 1. The van der Waals surface area contributed by atoms with Crippen LogP contribution in [-0.2, 0) is 0 Å². The van der Waals surface area contributed by atoms with Gasteiger partial charge in [0.1, 0.15) is 5.75 Å². The fourth-order valence-electron chi connectivity index (χ4n) is 1.69. The number of benzene rings is 2. The predicted octanol–water partition coefficient (Wildman–Crippen LogP) is 4.82. The van der Waals surface area contributed by atoms with E-state index < -0.39 is 0 Å². The Morgan fingerprint density at radius 1 is 1.20 bits per heavy atom. The monoisotopic (exact) mass is 350 g/mol. The van der Waals surface area contributed by atoms with Crippen LogP contribution in [0.2, 0.25) is 0 Å². The lowest BCUT2D eigenvalue weighted by Crippen LogP contribution is -2.02. The number of hydrogen-bond acceptors (Lipinski definition) is 3. The first kappa shape index (κ1) is 15.1. The van der Waals surface area contributed by atoms with Crippen LogP contribution >= 0.6 is 27.7 Å². The highest BCUT2D eigenvalue weighted by atomic mass is 79.9. The van der Waals surface area contributed by atoms with Gasteiger partial charge in [0.25, 0.3) is 0 Å². The molecule has 0 N–H and O–H groups in total. The molecule has 0 saturated heterocycles. The third-order valence-corrected chi connectivity index (χ3v) is 4.14. The van der Waals surface area contributed by atoms with Crippen LogP contribution in [0.3, 0.4) is 0 Å². The fraction of sp³-hybridized carbons (Fsp3) is 0.188. The van der Waals surface area contributed by atoms with E-state index in [0.29, 0.717) is 12.4 Å². The van der Waals surface area contributed by atoms with Gasteiger partial charge in [-0.3, -0.25) is 4.79 Å². The molecule has 0 aliphatic carbocycles. The summed E-state index contributed by atoms with van der Waals surface area (Å²) in [6.45, 7) is 2.57. The van der Waals surface area contributed by atoms with Crippen molar-refractivity contribution in [2.24, 2.45) is 0 Å². The highest BCUT2D eigenvalue weighted by Gasteiger charge is 2.07. The lowest BCUT2D eigenvalue weighted by Gasteiger charge is -2.05. The first-order valence-electron chi connectivity index (χ1n) is 6.33. The average Bonchev–Trinajstić information content (AvgIpc) is 2.46. The van der Waals surface area contributed by atoms with Gasteiger partial charge in [-0.15, -0.1) is 11.8 Å². The second kappa shape index (κ2) is 7.50. The minimum atomic E-state index is 0.123. The number of ether oxygens (including phenoxy) is 1. The maximum atomic E-state index is 12.1. The van der Waals surface area contributed by atoms with Crippen LogP contribution in [0.4, 0.5) is 0 Å². The number of rotatable bonds is 6. The normalized spacial score (nSPS) is 10.3. The fourth-order valence-corrected chi connectivity index (χ4v) is 3.09. The molecule has 0 fully saturated rings. The van der Waals surface area contributed by atoms with Crippen LogP contribution < -0.4 is 4.74 Å². The van der Waals surface area contributed by atoms with Crippen LogP contribution in [0.25, 0.3) is 0 Å². The maximum absolute atomic E-state index is 12.1. The second-order valence-electron chi connectivity index (χ2n) is 4.13. The van der Waals surface area contributed by atoms with Gasteiger partial charge in [-0.05, 0) is 49.4 Å². The highest BCUT2D eigenvalue weighted by molar-refractivity contribution is 9.10. The van der Waals surface area contributed by atoms with Crippen molar-refractivity contribution in [3.8, 4) is 5.75 Å². The summed E-state index contributed by atoms with van der Waals surface area (Å²) >= 11 is 4.97. The maximum Gasteiger partial charge on any atom is 0.173 e. The Hall–Kier alpha value is -1.26. The number of halogens is 1. The van der Waals surface area contributed by atoms with Crippen molar-refractivity contribution in [2.45, 2.75) is 11.8 Å². The molecule has 2 rings (SSSR count). The van der Waals surface area contributed by atoms with Gasteiger partial charge in [0.05, 0.1) is 12.4 Å². The summed E-state index contributed by atoms with van der Waals surface area (Å²) in [4.78, 5) is 13.2. The molecule has 104 valence electrons. The van der Waals surface area contributed by atoms with Gasteiger partial charge < -0.3 is 4.74 Å². The quantitative estimate of drug-likeness (QED) is 0.551. The molecule has 0 amide bonds. The standard InChI is InChI=1S/C16H15BrO2S/c1-2-19-14-8-6-12(7-9-14)16(18)11-20-15-5-3-4-13(17)10-15/h3-10H,2,11H2,1H3. The summed E-state index contributed by atoms with van der Waals surface area (Å²) in [5, 5.41) is 0. The smallest absolute Gasteiger partial charge is 0.173 e. The zero-order valence-corrected chi connectivity index (χ0v) is 13.5. The van der Waals surface area contributed by atoms with Crippen molar-refractivity contribution in [1.82, 2.24) is 0 Å². The molecule has 0 unspecified atom stereocenters. The topological polar surface area (TPSA) is 26.3 Å².